The van der Waals surface area contributed by atoms with Crippen molar-refractivity contribution in [3.63, 3.8) is 0 Å². The normalized spacial score (nSPS) is 15.9. The van der Waals surface area contributed by atoms with Crippen molar-refractivity contribution in [3.8, 4) is 11.5 Å². The van der Waals surface area contributed by atoms with Crippen LogP contribution in [0.3, 0.4) is 0 Å². The van der Waals surface area contributed by atoms with Crippen LogP contribution in [0, 0.1) is 0 Å². The van der Waals surface area contributed by atoms with E-state index in [9.17, 15) is 17.4 Å². The molecule has 27 heavy (non-hydrogen) atoms. The summed E-state index contributed by atoms with van der Waals surface area (Å²) in [5, 5.41) is 0.606. The second kappa shape index (κ2) is 6.43. The number of hydrogen-bond acceptors (Lipinski definition) is 4. The van der Waals surface area contributed by atoms with Crippen molar-refractivity contribution in [2.45, 2.75) is 43.9 Å². The summed E-state index contributed by atoms with van der Waals surface area (Å²) in [6, 6.07) is 0.936. The molecule has 4 rings (SSSR count). The Bertz CT molecular complexity index is 1050. The summed E-state index contributed by atoms with van der Waals surface area (Å²) < 4.78 is 55.2. The van der Waals surface area contributed by atoms with Crippen LogP contribution in [0.25, 0.3) is 22.6 Å². The summed E-state index contributed by atoms with van der Waals surface area (Å²) in [7, 11) is 0.447. The number of rotatable bonds is 3. The molecule has 1 unspecified atom stereocenters. The molecule has 0 radical (unpaired) electrons. The van der Waals surface area contributed by atoms with Gasteiger partial charge in [-0.15, -0.1) is 0 Å². The highest BCUT2D eigenvalue weighted by Gasteiger charge is 2.33. The van der Waals surface area contributed by atoms with Crippen LogP contribution in [0.2, 0.25) is 0 Å². The second-order valence-corrected chi connectivity index (χ2v) is 8.13. The number of alkyl halides is 3. The molecule has 0 aromatic carbocycles. The van der Waals surface area contributed by atoms with E-state index >= 15 is 0 Å². The third kappa shape index (κ3) is 2.95. The smallest absolute Gasteiger partial charge is 0.324 e. The van der Waals surface area contributed by atoms with Gasteiger partial charge in [0.1, 0.15) is 22.2 Å². The van der Waals surface area contributed by atoms with Crippen LogP contribution >= 0.6 is 0 Å². The lowest BCUT2D eigenvalue weighted by Gasteiger charge is -2.15. The van der Waals surface area contributed by atoms with Gasteiger partial charge in [-0.1, -0.05) is 6.92 Å². The van der Waals surface area contributed by atoms with Crippen molar-refractivity contribution in [1.29, 1.82) is 0 Å². The number of hydrogen-bond donors (Lipinski definition) is 0. The minimum Gasteiger partial charge on any atom is -0.324 e. The van der Waals surface area contributed by atoms with Gasteiger partial charge in [-0.25, -0.2) is 15.0 Å². The quantitative estimate of drug-likeness (QED) is 0.680. The Labute approximate surface area is 155 Å². The van der Waals surface area contributed by atoms with Crippen molar-refractivity contribution in [3.05, 3.63) is 23.8 Å². The molecule has 0 fully saturated rings. The third-order valence-corrected chi connectivity index (χ3v) is 6.15. The lowest BCUT2D eigenvalue weighted by molar-refractivity contribution is -0.141. The predicted molar refractivity (Wildman–Crippen MR) is 94.6 cm³/mol. The predicted octanol–water partition coefficient (Wildman–Crippen LogP) is 3.31. The maximum absolute atomic E-state index is 13.0. The van der Waals surface area contributed by atoms with E-state index in [4.69, 9.17) is 0 Å². The van der Waals surface area contributed by atoms with Crippen LogP contribution in [-0.2, 0) is 37.0 Å². The summed E-state index contributed by atoms with van der Waals surface area (Å²) in [6.45, 7) is 2.57. The zero-order chi connectivity index (χ0) is 19.3. The number of imidazole rings is 2. The number of halogens is 3. The van der Waals surface area contributed by atoms with Gasteiger partial charge in [0.05, 0.1) is 28.0 Å². The van der Waals surface area contributed by atoms with Gasteiger partial charge >= 0.3 is 6.18 Å². The molecule has 6 nitrogen and oxygen atoms in total. The maximum atomic E-state index is 13.0. The molecule has 0 spiro atoms. The van der Waals surface area contributed by atoms with E-state index in [1.165, 1.54) is 6.20 Å². The summed E-state index contributed by atoms with van der Waals surface area (Å²) >= 11 is 0. The fourth-order valence-corrected chi connectivity index (χ4v) is 4.49. The summed E-state index contributed by atoms with van der Waals surface area (Å²) in [4.78, 5) is 12.6. The SMILES string of the molecule is CCS(=O)c1c(-c2nc3cc(C(F)(F)F)ncc3n2C)nc2n1CCCC2. The van der Waals surface area contributed by atoms with Gasteiger partial charge < -0.3 is 9.13 Å². The number of fused-ring (bicyclic) bond motifs is 2. The zero-order valence-corrected chi connectivity index (χ0v) is 15.7. The van der Waals surface area contributed by atoms with Crippen molar-refractivity contribution < 1.29 is 17.4 Å². The number of pyridine rings is 1. The fourth-order valence-electron chi connectivity index (χ4n) is 3.43. The Kier molecular flexibility index (Phi) is 4.32. The Hall–Kier alpha value is -2.23. The zero-order valence-electron chi connectivity index (χ0n) is 14.9. The van der Waals surface area contributed by atoms with Gasteiger partial charge in [0.2, 0.25) is 0 Å². The molecule has 0 N–H and O–H groups in total. The first-order valence-electron chi connectivity index (χ1n) is 8.69. The molecule has 0 saturated carbocycles. The van der Waals surface area contributed by atoms with Gasteiger partial charge in [0, 0.05) is 25.8 Å². The molecule has 10 heteroatoms. The first-order chi connectivity index (χ1) is 12.8. The highest BCUT2D eigenvalue weighted by atomic mass is 32.2. The molecule has 1 atom stereocenters. The molecule has 4 heterocycles. The van der Waals surface area contributed by atoms with E-state index in [1.807, 2.05) is 11.5 Å². The van der Waals surface area contributed by atoms with Crippen LogP contribution in [-0.4, -0.2) is 34.0 Å². The average molecular weight is 397 g/mol. The summed E-state index contributed by atoms with van der Waals surface area (Å²) in [6.07, 6.45) is -0.582. The van der Waals surface area contributed by atoms with E-state index in [0.717, 1.165) is 37.7 Å². The Morgan fingerprint density at radius 1 is 1.26 bits per heavy atom. The van der Waals surface area contributed by atoms with E-state index < -0.39 is 22.7 Å². The monoisotopic (exact) mass is 397 g/mol. The largest absolute Gasteiger partial charge is 0.433 e. The number of aromatic nitrogens is 5. The molecule has 0 aliphatic carbocycles. The molecule has 0 bridgehead atoms. The van der Waals surface area contributed by atoms with Crippen LogP contribution < -0.4 is 0 Å². The van der Waals surface area contributed by atoms with Crippen LogP contribution in [0.4, 0.5) is 13.2 Å². The van der Waals surface area contributed by atoms with Gasteiger partial charge in [0.25, 0.3) is 0 Å². The van der Waals surface area contributed by atoms with Gasteiger partial charge in [-0.3, -0.25) is 4.21 Å². The fraction of sp³-hybridized carbons (Fsp3) is 0.471. The van der Waals surface area contributed by atoms with Gasteiger partial charge in [-0.2, -0.15) is 13.2 Å². The van der Waals surface area contributed by atoms with Crippen molar-refractivity contribution in [2.24, 2.45) is 7.05 Å². The van der Waals surface area contributed by atoms with E-state index in [2.05, 4.69) is 15.0 Å². The molecule has 0 amide bonds. The molecule has 1 aliphatic rings. The molecule has 144 valence electrons. The van der Waals surface area contributed by atoms with Crippen LogP contribution in [0.5, 0.6) is 0 Å². The number of aryl methyl sites for hydroxylation is 2. The average Bonchev–Trinajstić information content (AvgIpc) is 3.18. The van der Waals surface area contributed by atoms with Crippen molar-refractivity contribution in [1.82, 2.24) is 24.1 Å². The van der Waals surface area contributed by atoms with Gasteiger partial charge in [0.15, 0.2) is 5.82 Å². The Morgan fingerprint density at radius 3 is 2.74 bits per heavy atom. The maximum Gasteiger partial charge on any atom is 0.433 e. The second-order valence-electron chi connectivity index (χ2n) is 6.48. The standard InChI is InChI=1S/C17H18F3N5OS/c1-3-27(26)16-14(23-13-6-4-5-7-25(13)16)15-22-10-8-12(17(18,19)20)21-9-11(10)24(15)2/h8-9H,3-7H2,1-2H3. The van der Waals surface area contributed by atoms with E-state index in [-0.39, 0.29) is 5.52 Å². The topological polar surface area (TPSA) is 65.6 Å². The third-order valence-electron chi connectivity index (χ3n) is 4.78. The molecular weight excluding hydrogens is 379 g/mol. The van der Waals surface area contributed by atoms with Crippen molar-refractivity contribution >= 4 is 21.8 Å². The number of nitrogens with zero attached hydrogens (tertiary/aromatic N) is 5. The first kappa shape index (κ1) is 18.1. The summed E-state index contributed by atoms with van der Waals surface area (Å²) in [5.74, 6) is 1.70. The lowest BCUT2D eigenvalue weighted by atomic mass is 10.2. The molecule has 3 aromatic heterocycles. The molecular formula is C17H18F3N5OS. The molecule has 1 aliphatic heterocycles. The minimum atomic E-state index is -4.53. The Balaban J connectivity index is 1.93. The molecule has 3 aromatic rings. The highest BCUT2D eigenvalue weighted by molar-refractivity contribution is 7.85. The first-order valence-corrected chi connectivity index (χ1v) is 10.0. The van der Waals surface area contributed by atoms with Crippen LogP contribution in [0.15, 0.2) is 17.3 Å². The summed E-state index contributed by atoms with van der Waals surface area (Å²) in [5.41, 5.74) is 0.159. The van der Waals surface area contributed by atoms with E-state index in [1.54, 1.807) is 11.6 Å². The van der Waals surface area contributed by atoms with Gasteiger partial charge in [-0.05, 0) is 18.9 Å². The Morgan fingerprint density at radius 2 is 2.04 bits per heavy atom. The van der Waals surface area contributed by atoms with E-state index in [0.29, 0.717) is 27.8 Å². The van der Waals surface area contributed by atoms with Crippen molar-refractivity contribution in [2.75, 3.05) is 5.75 Å². The lowest BCUT2D eigenvalue weighted by Crippen LogP contribution is -2.14. The highest BCUT2D eigenvalue weighted by Crippen LogP contribution is 2.33. The molecule has 0 saturated heterocycles. The van der Waals surface area contributed by atoms with Crippen LogP contribution in [0.1, 0.15) is 31.3 Å². The minimum absolute atomic E-state index is 0.189.